The van der Waals surface area contributed by atoms with Crippen LogP contribution in [0.5, 0.6) is 0 Å². The SMILES string of the molecule is CN(C)c1ccc(C(F)(F)F)c(C2(C(=O)O)CCCCC2)c1. The van der Waals surface area contributed by atoms with Crippen molar-refractivity contribution < 1.29 is 23.1 Å². The molecule has 1 aliphatic rings. The lowest BCUT2D eigenvalue weighted by atomic mass is 9.68. The van der Waals surface area contributed by atoms with Crippen LogP contribution in [-0.2, 0) is 16.4 Å². The first-order valence-electron chi connectivity index (χ1n) is 7.31. The van der Waals surface area contributed by atoms with Gasteiger partial charge in [-0.2, -0.15) is 13.2 Å². The Labute approximate surface area is 127 Å². The minimum absolute atomic E-state index is 0.0987. The summed E-state index contributed by atoms with van der Waals surface area (Å²) in [6.45, 7) is 0. The summed E-state index contributed by atoms with van der Waals surface area (Å²) in [5.74, 6) is -1.16. The molecule has 6 heteroatoms. The Morgan fingerprint density at radius 1 is 1.18 bits per heavy atom. The van der Waals surface area contributed by atoms with Crippen molar-refractivity contribution >= 4 is 11.7 Å². The van der Waals surface area contributed by atoms with E-state index in [2.05, 4.69) is 0 Å². The van der Waals surface area contributed by atoms with Gasteiger partial charge < -0.3 is 10.0 Å². The van der Waals surface area contributed by atoms with E-state index in [9.17, 15) is 23.1 Å². The fraction of sp³-hybridized carbons (Fsp3) is 0.562. The van der Waals surface area contributed by atoms with Crippen LogP contribution in [0.4, 0.5) is 18.9 Å². The third-order valence-corrected chi connectivity index (χ3v) is 4.46. The van der Waals surface area contributed by atoms with Crippen LogP contribution in [0.15, 0.2) is 18.2 Å². The fourth-order valence-corrected chi connectivity index (χ4v) is 3.21. The Morgan fingerprint density at radius 2 is 1.77 bits per heavy atom. The quantitative estimate of drug-likeness (QED) is 0.914. The maximum Gasteiger partial charge on any atom is 0.416 e. The van der Waals surface area contributed by atoms with Crippen LogP contribution in [-0.4, -0.2) is 25.2 Å². The number of benzene rings is 1. The van der Waals surface area contributed by atoms with Crippen LogP contribution in [0, 0.1) is 0 Å². The van der Waals surface area contributed by atoms with Crippen LogP contribution >= 0.6 is 0 Å². The van der Waals surface area contributed by atoms with Gasteiger partial charge >= 0.3 is 12.1 Å². The van der Waals surface area contributed by atoms with Gasteiger partial charge in [0.2, 0.25) is 0 Å². The minimum Gasteiger partial charge on any atom is -0.481 e. The molecule has 1 aromatic rings. The lowest BCUT2D eigenvalue weighted by Gasteiger charge is -2.36. The van der Waals surface area contributed by atoms with E-state index in [-0.39, 0.29) is 18.4 Å². The molecular weight excluding hydrogens is 295 g/mol. The number of anilines is 1. The van der Waals surface area contributed by atoms with Crippen LogP contribution in [0.3, 0.4) is 0 Å². The first kappa shape index (κ1) is 16.6. The van der Waals surface area contributed by atoms with Gasteiger partial charge in [0.25, 0.3) is 0 Å². The van der Waals surface area contributed by atoms with Crippen LogP contribution in [0.1, 0.15) is 43.2 Å². The minimum atomic E-state index is -4.56. The van der Waals surface area contributed by atoms with Crippen molar-refractivity contribution in [3.63, 3.8) is 0 Å². The number of carbonyl (C=O) groups is 1. The number of aliphatic carboxylic acids is 1. The molecule has 0 spiro atoms. The van der Waals surface area contributed by atoms with E-state index in [0.29, 0.717) is 18.5 Å². The molecule has 122 valence electrons. The molecule has 0 aromatic heterocycles. The molecule has 22 heavy (non-hydrogen) atoms. The van der Waals surface area contributed by atoms with Gasteiger partial charge in [0, 0.05) is 19.8 Å². The molecule has 0 heterocycles. The van der Waals surface area contributed by atoms with Crippen LogP contribution in [0.2, 0.25) is 0 Å². The van der Waals surface area contributed by atoms with Gasteiger partial charge in [0.15, 0.2) is 0 Å². The zero-order chi connectivity index (χ0) is 16.5. The maximum atomic E-state index is 13.4. The van der Waals surface area contributed by atoms with Crippen molar-refractivity contribution in [2.45, 2.75) is 43.7 Å². The zero-order valence-electron chi connectivity index (χ0n) is 12.7. The summed E-state index contributed by atoms with van der Waals surface area (Å²) < 4.78 is 40.1. The number of alkyl halides is 3. The number of carboxylic acids is 1. The smallest absolute Gasteiger partial charge is 0.416 e. The maximum absolute atomic E-state index is 13.4. The van der Waals surface area contributed by atoms with Gasteiger partial charge in [0.05, 0.1) is 11.0 Å². The molecule has 0 saturated heterocycles. The van der Waals surface area contributed by atoms with E-state index >= 15 is 0 Å². The Balaban J connectivity index is 2.68. The highest BCUT2D eigenvalue weighted by Gasteiger charge is 2.47. The molecule has 0 radical (unpaired) electrons. The normalized spacial score (nSPS) is 18.0. The summed E-state index contributed by atoms with van der Waals surface area (Å²) >= 11 is 0. The van der Waals surface area contributed by atoms with Crippen molar-refractivity contribution in [1.29, 1.82) is 0 Å². The number of halogens is 3. The molecule has 0 atom stereocenters. The fourth-order valence-electron chi connectivity index (χ4n) is 3.21. The van der Waals surface area contributed by atoms with Crippen molar-refractivity contribution in [2.75, 3.05) is 19.0 Å². The van der Waals surface area contributed by atoms with Gasteiger partial charge in [0.1, 0.15) is 0 Å². The third kappa shape index (κ3) is 2.91. The highest BCUT2D eigenvalue weighted by molar-refractivity contribution is 5.83. The topological polar surface area (TPSA) is 40.5 Å². The van der Waals surface area contributed by atoms with E-state index in [1.54, 1.807) is 19.0 Å². The summed E-state index contributed by atoms with van der Waals surface area (Å²) in [6, 6.07) is 3.77. The van der Waals surface area contributed by atoms with Gasteiger partial charge in [-0.1, -0.05) is 19.3 Å². The molecule has 0 aliphatic heterocycles. The highest BCUT2D eigenvalue weighted by atomic mass is 19.4. The first-order valence-corrected chi connectivity index (χ1v) is 7.31. The zero-order valence-corrected chi connectivity index (χ0v) is 12.7. The van der Waals surface area contributed by atoms with Gasteiger partial charge in [-0.15, -0.1) is 0 Å². The lowest BCUT2D eigenvalue weighted by molar-refractivity contribution is -0.147. The molecular formula is C16H20F3NO2. The second-order valence-electron chi connectivity index (χ2n) is 6.07. The van der Waals surface area contributed by atoms with Gasteiger partial charge in [-0.25, -0.2) is 0 Å². The second kappa shape index (κ2) is 5.82. The van der Waals surface area contributed by atoms with Crippen LogP contribution in [0.25, 0.3) is 0 Å². The number of rotatable bonds is 3. The number of nitrogens with zero attached hydrogens (tertiary/aromatic N) is 1. The number of carboxylic acid groups (broad SMARTS) is 1. The first-order chi connectivity index (χ1) is 10.2. The standard InChI is InChI=1S/C16H20F3NO2/c1-20(2)11-6-7-12(16(17,18)19)13(10-11)15(14(21)22)8-4-3-5-9-15/h6-7,10H,3-5,8-9H2,1-2H3,(H,21,22). The lowest BCUT2D eigenvalue weighted by Crippen LogP contribution is -2.39. The average molecular weight is 315 g/mol. The summed E-state index contributed by atoms with van der Waals surface area (Å²) in [4.78, 5) is 13.5. The van der Waals surface area contributed by atoms with E-state index in [0.717, 1.165) is 12.5 Å². The van der Waals surface area contributed by atoms with Crippen molar-refractivity contribution in [1.82, 2.24) is 0 Å². The predicted molar refractivity (Wildman–Crippen MR) is 78.2 cm³/mol. The summed E-state index contributed by atoms with van der Waals surface area (Å²) in [5, 5.41) is 9.68. The summed E-state index contributed by atoms with van der Waals surface area (Å²) in [6.07, 6.45) is -1.92. The second-order valence-corrected chi connectivity index (χ2v) is 6.07. The molecule has 1 aliphatic carbocycles. The molecule has 1 fully saturated rings. The Kier molecular flexibility index (Phi) is 4.40. The molecule has 1 aromatic carbocycles. The molecule has 1 N–H and O–H groups in total. The van der Waals surface area contributed by atoms with Crippen molar-refractivity contribution in [2.24, 2.45) is 0 Å². The van der Waals surface area contributed by atoms with Crippen molar-refractivity contribution in [3.05, 3.63) is 29.3 Å². The van der Waals surface area contributed by atoms with Crippen LogP contribution < -0.4 is 4.90 Å². The predicted octanol–water partition coefficient (Wildman–Crippen LogP) is 4.06. The molecule has 0 bridgehead atoms. The van der Waals surface area contributed by atoms with E-state index in [4.69, 9.17) is 0 Å². The Morgan fingerprint density at radius 3 is 2.23 bits per heavy atom. The Bertz CT molecular complexity index is 561. The largest absolute Gasteiger partial charge is 0.481 e. The third-order valence-electron chi connectivity index (χ3n) is 4.46. The molecule has 0 unspecified atom stereocenters. The highest BCUT2D eigenvalue weighted by Crippen LogP contribution is 2.46. The van der Waals surface area contributed by atoms with E-state index in [1.165, 1.54) is 12.1 Å². The average Bonchev–Trinajstić information content (AvgIpc) is 2.46. The van der Waals surface area contributed by atoms with Gasteiger partial charge in [-0.3, -0.25) is 4.79 Å². The molecule has 1 saturated carbocycles. The summed E-state index contributed by atoms with van der Waals surface area (Å²) in [7, 11) is 3.45. The molecule has 0 amide bonds. The summed E-state index contributed by atoms with van der Waals surface area (Å²) in [5.41, 5.74) is -1.79. The Hall–Kier alpha value is -1.72. The van der Waals surface area contributed by atoms with Crippen molar-refractivity contribution in [3.8, 4) is 0 Å². The number of hydrogen-bond donors (Lipinski definition) is 1. The monoisotopic (exact) mass is 315 g/mol. The van der Waals surface area contributed by atoms with E-state index in [1.807, 2.05) is 0 Å². The van der Waals surface area contributed by atoms with Gasteiger partial charge in [-0.05, 0) is 36.6 Å². The van der Waals surface area contributed by atoms with E-state index < -0.39 is 23.1 Å². The molecule has 3 nitrogen and oxygen atoms in total. The molecule has 2 rings (SSSR count). The number of hydrogen-bond acceptors (Lipinski definition) is 2.